The molecule has 8 nitrogen and oxygen atoms in total. The average molecular weight is 375 g/mol. The zero-order valence-corrected chi connectivity index (χ0v) is 14.0. The number of sulfonamides is 1. The Hall–Kier alpha value is -2.14. The van der Waals surface area contributed by atoms with E-state index in [2.05, 4.69) is 20.3 Å². The lowest BCUT2D eigenvalue weighted by molar-refractivity contribution is 0.148. The molecule has 1 fully saturated rings. The minimum Gasteiger partial charge on any atom is -0.351 e. The van der Waals surface area contributed by atoms with E-state index >= 15 is 0 Å². The highest BCUT2D eigenvalue weighted by atomic mass is 32.2. The molecule has 3 rings (SSSR count). The summed E-state index contributed by atoms with van der Waals surface area (Å²) in [6, 6.07) is 0.760. The van der Waals surface area contributed by atoms with Gasteiger partial charge in [0.1, 0.15) is 12.7 Å². The summed E-state index contributed by atoms with van der Waals surface area (Å²) < 4.78 is 67.1. The first-order valence-electron chi connectivity index (χ1n) is 8.40. The second kappa shape index (κ2) is 6.64. The highest BCUT2D eigenvalue weighted by Gasteiger charge is 2.26. The van der Waals surface area contributed by atoms with Gasteiger partial charge in [0.2, 0.25) is 21.5 Å². The third kappa shape index (κ3) is 3.93. The highest BCUT2D eigenvalue weighted by Crippen LogP contribution is 2.25. The third-order valence-electron chi connectivity index (χ3n) is 3.85. The largest absolute Gasteiger partial charge is 0.351 e. The third-order valence-corrected chi connectivity index (χ3v) is 5.15. The van der Waals surface area contributed by atoms with Gasteiger partial charge < -0.3 is 10.3 Å². The molecular formula is C14H17F2N5O3S. The summed E-state index contributed by atoms with van der Waals surface area (Å²) in [5.74, 6) is -0.339. The fraction of sp³-hybridized carbons (Fsp3) is 0.500. The van der Waals surface area contributed by atoms with Crippen molar-refractivity contribution >= 4 is 27.0 Å². The molecule has 0 saturated carbocycles. The molecule has 0 amide bonds. The molecule has 0 radical (unpaired) electrons. The van der Waals surface area contributed by atoms with Gasteiger partial charge in [-0.05, 0) is 18.9 Å². The zero-order valence-electron chi connectivity index (χ0n) is 15.2. The van der Waals surface area contributed by atoms with Crippen molar-refractivity contribution in [2.24, 2.45) is 0 Å². The van der Waals surface area contributed by atoms with Crippen LogP contribution in [-0.4, -0.2) is 53.0 Å². The van der Waals surface area contributed by atoms with Gasteiger partial charge in [-0.2, -0.15) is 4.98 Å². The summed E-state index contributed by atoms with van der Waals surface area (Å²) in [5, 5.41) is 2.46. The van der Waals surface area contributed by atoms with E-state index in [4.69, 9.17) is 2.74 Å². The first-order valence-corrected chi connectivity index (χ1v) is 9.25. The van der Waals surface area contributed by atoms with Crippen molar-refractivity contribution in [3.8, 4) is 0 Å². The number of aromatic nitrogens is 3. The Balaban J connectivity index is 1.94. The standard InChI is InChI=1S/C14H17F2N5O3S/c1-25(23,24)21-6-4-8(5-7-21)17-14-19-11(12(15)16)9-2-3-10(22)18-13(9)20-14/h2-3,8,12H,4-7H2,1H3,(H2,17,18,19,20,22)/i8D,12D. The van der Waals surface area contributed by atoms with Crippen LogP contribution in [-0.2, 0) is 10.0 Å². The van der Waals surface area contributed by atoms with Crippen LogP contribution in [0, 0.1) is 0 Å². The van der Waals surface area contributed by atoms with Crippen LogP contribution in [0.2, 0.25) is 0 Å². The van der Waals surface area contributed by atoms with E-state index in [9.17, 15) is 22.0 Å². The number of aromatic amines is 1. The van der Waals surface area contributed by atoms with E-state index in [0.717, 1.165) is 18.4 Å². The van der Waals surface area contributed by atoms with Crippen molar-refractivity contribution in [3.63, 3.8) is 0 Å². The van der Waals surface area contributed by atoms with E-state index in [-0.39, 0.29) is 42.9 Å². The summed E-state index contributed by atoms with van der Waals surface area (Å²) in [4.78, 5) is 21.4. The number of pyridine rings is 1. The lowest BCUT2D eigenvalue weighted by Crippen LogP contribution is -2.42. The van der Waals surface area contributed by atoms with Crippen LogP contribution in [0.3, 0.4) is 0 Å². The van der Waals surface area contributed by atoms with E-state index < -0.39 is 33.7 Å². The number of anilines is 1. The normalized spacial score (nSPS) is 20.1. The summed E-state index contributed by atoms with van der Waals surface area (Å²) in [5.41, 5.74) is -1.64. The van der Waals surface area contributed by atoms with Crippen LogP contribution < -0.4 is 10.9 Å². The van der Waals surface area contributed by atoms with E-state index in [1.165, 1.54) is 4.31 Å². The highest BCUT2D eigenvalue weighted by molar-refractivity contribution is 7.88. The molecule has 11 heteroatoms. The van der Waals surface area contributed by atoms with Crippen molar-refractivity contribution < 1.29 is 19.9 Å². The minimum absolute atomic E-state index is 0.0827. The molecule has 0 spiro atoms. The van der Waals surface area contributed by atoms with E-state index in [1.807, 2.05) is 0 Å². The van der Waals surface area contributed by atoms with Crippen molar-refractivity contribution in [2.75, 3.05) is 24.7 Å². The predicted octanol–water partition coefficient (Wildman–Crippen LogP) is 1.09. The number of hydrogen-bond acceptors (Lipinski definition) is 6. The summed E-state index contributed by atoms with van der Waals surface area (Å²) in [6.45, 7) is 0.169. The molecule has 1 saturated heterocycles. The monoisotopic (exact) mass is 375 g/mol. The molecular weight excluding hydrogens is 356 g/mol. The van der Waals surface area contributed by atoms with E-state index in [0.29, 0.717) is 0 Å². The number of rotatable bonds is 4. The van der Waals surface area contributed by atoms with Gasteiger partial charge in [0.05, 0.1) is 7.63 Å². The molecule has 1 aliphatic rings. The van der Waals surface area contributed by atoms with Gasteiger partial charge >= 0.3 is 0 Å². The molecule has 0 bridgehead atoms. The van der Waals surface area contributed by atoms with Gasteiger partial charge in [-0.15, -0.1) is 0 Å². The number of hydrogen-bond donors (Lipinski definition) is 2. The summed E-state index contributed by atoms with van der Waals surface area (Å²) in [7, 11) is -3.38. The van der Waals surface area contributed by atoms with Gasteiger partial charge in [0.25, 0.3) is 6.40 Å². The number of halogens is 2. The second-order valence-electron chi connectivity index (χ2n) is 5.63. The lowest BCUT2D eigenvalue weighted by atomic mass is 10.1. The first-order chi connectivity index (χ1) is 12.4. The van der Waals surface area contributed by atoms with Crippen LogP contribution in [0.1, 0.15) is 27.7 Å². The Morgan fingerprint density at radius 1 is 1.40 bits per heavy atom. The summed E-state index contributed by atoms with van der Waals surface area (Å²) >= 11 is 0. The Kier molecular flexibility index (Phi) is 4.02. The number of nitrogens with one attached hydrogen (secondary N) is 2. The fourth-order valence-corrected chi connectivity index (χ4v) is 3.46. The number of H-pyrrole nitrogens is 1. The molecule has 1 aliphatic heterocycles. The molecule has 2 aromatic rings. The molecule has 2 aromatic heterocycles. The maximum absolute atomic E-state index is 13.7. The Bertz CT molecular complexity index is 1030. The minimum atomic E-state index is -4.04. The molecule has 0 aliphatic carbocycles. The summed E-state index contributed by atoms with van der Waals surface area (Å²) in [6.07, 6.45) is -2.80. The second-order valence-corrected chi connectivity index (χ2v) is 7.61. The van der Waals surface area contributed by atoms with Gasteiger partial charge in [0.15, 0.2) is 0 Å². The Morgan fingerprint density at radius 2 is 2.08 bits per heavy atom. The maximum atomic E-state index is 13.7. The van der Waals surface area contributed by atoms with Crippen LogP contribution in [0.5, 0.6) is 0 Å². The maximum Gasteiger partial charge on any atom is 0.281 e. The van der Waals surface area contributed by atoms with Crippen molar-refractivity contribution in [1.29, 1.82) is 0 Å². The fourth-order valence-electron chi connectivity index (χ4n) is 2.61. The van der Waals surface area contributed by atoms with Gasteiger partial charge in [0, 0.05) is 30.6 Å². The zero-order chi connectivity index (χ0) is 20.0. The van der Waals surface area contributed by atoms with Gasteiger partial charge in [-0.1, -0.05) is 0 Å². The number of fused-ring (bicyclic) bond motifs is 1. The van der Waals surface area contributed by atoms with Crippen LogP contribution in [0.15, 0.2) is 16.9 Å². The van der Waals surface area contributed by atoms with Crippen LogP contribution >= 0.6 is 0 Å². The SMILES string of the molecule is [2H]C1(Nc2nc(C([2H])(F)F)c3ccc(=O)[nH]c3n2)CCN(S(C)(=O)=O)CC1. The quantitative estimate of drug-likeness (QED) is 0.828. The molecule has 136 valence electrons. The lowest BCUT2D eigenvalue weighted by Gasteiger charge is -2.30. The molecule has 2 N–H and O–H groups in total. The molecule has 25 heavy (non-hydrogen) atoms. The number of alkyl halides is 2. The average Bonchev–Trinajstić information content (AvgIpc) is 2.52. The van der Waals surface area contributed by atoms with Crippen molar-refractivity contribution in [3.05, 3.63) is 28.2 Å². The number of nitrogens with zero attached hydrogens (tertiary/aromatic N) is 3. The predicted molar refractivity (Wildman–Crippen MR) is 88.2 cm³/mol. The molecule has 0 atom stereocenters. The van der Waals surface area contributed by atoms with Crippen molar-refractivity contribution in [1.82, 2.24) is 19.3 Å². The van der Waals surface area contributed by atoms with Gasteiger partial charge in [-0.25, -0.2) is 26.5 Å². The van der Waals surface area contributed by atoms with Gasteiger partial charge in [-0.3, -0.25) is 4.79 Å². The topological polar surface area (TPSA) is 108 Å². The Morgan fingerprint density at radius 3 is 2.68 bits per heavy atom. The molecule has 0 unspecified atom stereocenters. The molecule has 3 heterocycles. The van der Waals surface area contributed by atoms with Crippen LogP contribution in [0.25, 0.3) is 11.0 Å². The first kappa shape index (κ1) is 15.1. The van der Waals surface area contributed by atoms with E-state index in [1.54, 1.807) is 0 Å². The smallest absolute Gasteiger partial charge is 0.281 e. The van der Waals surface area contributed by atoms with Crippen molar-refractivity contribution in [2.45, 2.75) is 25.3 Å². The number of piperidine rings is 1. The van der Waals surface area contributed by atoms with Crippen LogP contribution in [0.4, 0.5) is 14.7 Å². The molecule has 0 aromatic carbocycles. The Labute approximate surface area is 145 Å².